The monoisotopic (exact) mass is 495 g/mol. The normalized spacial score (nSPS) is 11.7. The van der Waals surface area contributed by atoms with Gasteiger partial charge in [0.2, 0.25) is 5.78 Å². The summed E-state index contributed by atoms with van der Waals surface area (Å²) >= 11 is 1.45. The standard InChI is InChI=1S/C26H30FN5O2S/c1-16(2)11-12-31-24(34)21-10-7-19(23(33)28-14-17(3)4)13-22(21)32-25(31)29-30-26(32)35-15-18-5-8-20(27)9-6-18/h5-10,13,16-17H,11-12,14-15H2,1-4H3,(H,28,33). The number of aromatic nitrogens is 4. The van der Waals surface area contributed by atoms with Crippen molar-refractivity contribution in [1.29, 1.82) is 0 Å². The van der Waals surface area contributed by atoms with Gasteiger partial charge in [-0.1, -0.05) is 51.6 Å². The summed E-state index contributed by atoms with van der Waals surface area (Å²) < 4.78 is 16.8. The zero-order chi connectivity index (χ0) is 25.1. The fraction of sp³-hybridized carbons (Fsp3) is 0.385. The summed E-state index contributed by atoms with van der Waals surface area (Å²) in [6.07, 6.45) is 0.821. The van der Waals surface area contributed by atoms with E-state index in [1.54, 1.807) is 34.9 Å². The Morgan fingerprint density at radius 3 is 2.49 bits per heavy atom. The number of thioether (sulfide) groups is 1. The molecule has 4 aromatic rings. The first-order valence-electron chi connectivity index (χ1n) is 11.8. The van der Waals surface area contributed by atoms with Crippen LogP contribution in [0, 0.1) is 17.7 Å². The molecule has 1 N–H and O–H groups in total. The highest BCUT2D eigenvalue weighted by molar-refractivity contribution is 7.98. The predicted molar refractivity (Wildman–Crippen MR) is 137 cm³/mol. The van der Waals surface area contributed by atoms with Crippen molar-refractivity contribution < 1.29 is 9.18 Å². The van der Waals surface area contributed by atoms with E-state index in [0.717, 1.165) is 12.0 Å². The summed E-state index contributed by atoms with van der Waals surface area (Å²) in [5, 5.41) is 12.8. The van der Waals surface area contributed by atoms with Gasteiger partial charge in [0.05, 0.1) is 10.9 Å². The van der Waals surface area contributed by atoms with Crippen LogP contribution in [-0.4, -0.2) is 31.6 Å². The summed E-state index contributed by atoms with van der Waals surface area (Å²) in [4.78, 5) is 26.2. The van der Waals surface area contributed by atoms with Crippen LogP contribution >= 0.6 is 11.8 Å². The zero-order valence-corrected chi connectivity index (χ0v) is 21.2. The molecule has 35 heavy (non-hydrogen) atoms. The quantitative estimate of drug-likeness (QED) is 0.334. The van der Waals surface area contributed by atoms with Crippen molar-refractivity contribution >= 4 is 34.3 Å². The lowest BCUT2D eigenvalue weighted by atomic mass is 10.1. The topological polar surface area (TPSA) is 81.3 Å². The molecule has 0 saturated carbocycles. The number of halogens is 1. The van der Waals surface area contributed by atoms with Gasteiger partial charge in [-0.3, -0.25) is 18.6 Å². The number of hydrogen-bond acceptors (Lipinski definition) is 5. The summed E-state index contributed by atoms with van der Waals surface area (Å²) in [5.41, 5.74) is 1.86. The van der Waals surface area contributed by atoms with Gasteiger partial charge in [-0.2, -0.15) is 0 Å². The third-order valence-corrected chi connectivity index (χ3v) is 6.72. The Morgan fingerprint density at radius 1 is 1.06 bits per heavy atom. The lowest BCUT2D eigenvalue weighted by molar-refractivity contribution is 0.0949. The minimum atomic E-state index is -0.282. The molecule has 0 atom stereocenters. The SMILES string of the molecule is CC(C)CCn1c(=O)c2ccc(C(=O)NCC(C)C)cc2n2c(SCc3ccc(F)cc3)nnc12. The Balaban J connectivity index is 1.81. The molecule has 1 amide bonds. The van der Waals surface area contributed by atoms with Gasteiger partial charge < -0.3 is 5.32 Å². The molecule has 0 spiro atoms. The molecular formula is C26H30FN5O2S. The molecule has 4 rings (SSSR count). The second-order valence-corrected chi connectivity index (χ2v) is 10.5. The summed E-state index contributed by atoms with van der Waals surface area (Å²) in [7, 11) is 0. The Hall–Kier alpha value is -3.20. The van der Waals surface area contributed by atoms with Crippen molar-refractivity contribution in [1.82, 2.24) is 24.5 Å². The van der Waals surface area contributed by atoms with E-state index < -0.39 is 0 Å². The van der Waals surface area contributed by atoms with E-state index in [1.165, 1.54) is 23.9 Å². The maximum Gasteiger partial charge on any atom is 0.262 e. The van der Waals surface area contributed by atoms with E-state index in [2.05, 4.69) is 29.4 Å². The molecule has 9 heteroatoms. The highest BCUT2D eigenvalue weighted by Gasteiger charge is 2.19. The lowest BCUT2D eigenvalue weighted by Crippen LogP contribution is -2.28. The molecule has 184 valence electrons. The second-order valence-electron chi connectivity index (χ2n) is 9.51. The van der Waals surface area contributed by atoms with Gasteiger partial charge in [0.15, 0.2) is 5.16 Å². The van der Waals surface area contributed by atoms with E-state index >= 15 is 0 Å². The number of hydrogen-bond donors (Lipinski definition) is 1. The first-order chi connectivity index (χ1) is 16.7. The zero-order valence-electron chi connectivity index (χ0n) is 20.4. The average molecular weight is 496 g/mol. The average Bonchev–Trinajstić information content (AvgIpc) is 3.25. The second kappa shape index (κ2) is 10.6. The van der Waals surface area contributed by atoms with E-state index in [4.69, 9.17) is 0 Å². The van der Waals surface area contributed by atoms with Crippen LogP contribution in [0.2, 0.25) is 0 Å². The molecule has 7 nitrogen and oxygen atoms in total. The Labute approximate surface area is 207 Å². The van der Waals surface area contributed by atoms with Crippen LogP contribution < -0.4 is 10.9 Å². The maximum atomic E-state index is 13.4. The molecule has 0 aliphatic heterocycles. The molecule has 2 heterocycles. The van der Waals surface area contributed by atoms with Crippen LogP contribution in [0.1, 0.15) is 50.0 Å². The fourth-order valence-corrected chi connectivity index (χ4v) is 4.63. The molecule has 0 bridgehead atoms. The van der Waals surface area contributed by atoms with Gasteiger partial charge in [-0.05, 0) is 54.2 Å². The van der Waals surface area contributed by atoms with Crippen molar-refractivity contribution in [3.05, 3.63) is 69.8 Å². The number of fused-ring (bicyclic) bond motifs is 3. The minimum Gasteiger partial charge on any atom is -0.352 e. The number of aryl methyl sites for hydroxylation is 1. The largest absolute Gasteiger partial charge is 0.352 e. The molecule has 0 saturated heterocycles. The highest BCUT2D eigenvalue weighted by Crippen LogP contribution is 2.26. The molecular weight excluding hydrogens is 465 g/mol. The Bertz CT molecular complexity index is 1410. The summed E-state index contributed by atoms with van der Waals surface area (Å²) in [6, 6.07) is 11.5. The van der Waals surface area contributed by atoms with Gasteiger partial charge in [0.1, 0.15) is 5.82 Å². The summed E-state index contributed by atoms with van der Waals surface area (Å²) in [6.45, 7) is 9.37. The third kappa shape index (κ3) is 5.56. The van der Waals surface area contributed by atoms with Crippen LogP contribution in [0.25, 0.3) is 16.7 Å². The molecule has 0 aliphatic rings. The van der Waals surface area contributed by atoms with Crippen LogP contribution in [0.3, 0.4) is 0 Å². The molecule has 0 radical (unpaired) electrons. The smallest absolute Gasteiger partial charge is 0.262 e. The van der Waals surface area contributed by atoms with Crippen molar-refractivity contribution in [3.63, 3.8) is 0 Å². The number of amides is 1. The van der Waals surface area contributed by atoms with Crippen molar-refractivity contribution in [2.45, 2.75) is 51.6 Å². The van der Waals surface area contributed by atoms with Crippen molar-refractivity contribution in [3.8, 4) is 0 Å². The molecule has 0 fully saturated rings. The van der Waals surface area contributed by atoms with Crippen LogP contribution in [-0.2, 0) is 12.3 Å². The predicted octanol–water partition coefficient (Wildman–Crippen LogP) is 4.91. The molecule has 2 aromatic carbocycles. The lowest BCUT2D eigenvalue weighted by Gasteiger charge is -2.13. The third-order valence-electron chi connectivity index (χ3n) is 5.72. The van der Waals surface area contributed by atoms with Gasteiger partial charge in [-0.25, -0.2) is 4.39 Å². The van der Waals surface area contributed by atoms with Gasteiger partial charge >= 0.3 is 0 Å². The number of carbonyl (C=O) groups excluding carboxylic acids is 1. The van der Waals surface area contributed by atoms with E-state index in [1.807, 2.05) is 18.2 Å². The van der Waals surface area contributed by atoms with E-state index in [-0.39, 0.29) is 17.3 Å². The van der Waals surface area contributed by atoms with E-state index in [9.17, 15) is 14.0 Å². The Morgan fingerprint density at radius 2 is 1.80 bits per heavy atom. The fourth-order valence-electron chi connectivity index (χ4n) is 3.73. The number of carbonyl (C=O) groups is 1. The minimum absolute atomic E-state index is 0.148. The van der Waals surface area contributed by atoms with Gasteiger partial charge in [0.25, 0.3) is 11.5 Å². The molecule has 0 aliphatic carbocycles. The number of benzene rings is 2. The number of nitrogens with zero attached hydrogens (tertiary/aromatic N) is 4. The highest BCUT2D eigenvalue weighted by atomic mass is 32.2. The molecule has 2 aromatic heterocycles. The van der Waals surface area contributed by atoms with Gasteiger partial charge in [0, 0.05) is 24.4 Å². The van der Waals surface area contributed by atoms with Crippen molar-refractivity contribution in [2.75, 3.05) is 6.54 Å². The first-order valence-corrected chi connectivity index (χ1v) is 12.8. The number of nitrogens with one attached hydrogen (secondary N) is 1. The summed E-state index contributed by atoms with van der Waals surface area (Å²) in [5.74, 6) is 1.28. The van der Waals surface area contributed by atoms with E-state index in [0.29, 0.717) is 58.1 Å². The van der Waals surface area contributed by atoms with Crippen LogP contribution in [0.4, 0.5) is 4.39 Å². The van der Waals surface area contributed by atoms with Gasteiger partial charge in [-0.15, -0.1) is 10.2 Å². The van der Waals surface area contributed by atoms with Crippen molar-refractivity contribution in [2.24, 2.45) is 11.8 Å². The number of rotatable bonds is 9. The first kappa shape index (κ1) is 24.9. The van der Waals surface area contributed by atoms with Crippen LogP contribution in [0.15, 0.2) is 52.4 Å². The Kier molecular flexibility index (Phi) is 7.54. The molecule has 0 unspecified atom stereocenters. The van der Waals surface area contributed by atoms with Crippen LogP contribution in [0.5, 0.6) is 0 Å². The maximum absolute atomic E-state index is 13.4.